The Morgan fingerprint density at radius 2 is 2.33 bits per heavy atom. The van der Waals surface area contributed by atoms with Crippen LogP contribution in [0.3, 0.4) is 0 Å². The Morgan fingerprint density at radius 3 is 3.08 bits per heavy atom. The zero-order chi connectivity index (χ0) is 8.72. The van der Waals surface area contributed by atoms with E-state index in [1.54, 1.807) is 0 Å². The van der Waals surface area contributed by atoms with Crippen LogP contribution < -0.4 is 10.5 Å². The lowest BCUT2D eigenvalue weighted by Gasteiger charge is -2.03. The molecule has 2 N–H and O–H groups in total. The van der Waals surface area contributed by atoms with Crippen molar-refractivity contribution in [2.24, 2.45) is 5.73 Å². The first-order valence-electron chi connectivity index (χ1n) is 3.56. The standard InChI is InChI=1S/C8H7BrClNO/c9-4-1-5(10)8-6(11)3-12-7(8)2-4/h1-2,6H,3,11H2/t6-/m0/s1. The Balaban J connectivity index is 2.60. The molecule has 4 heteroatoms. The van der Waals surface area contributed by atoms with E-state index in [0.717, 1.165) is 15.8 Å². The third-order valence-corrected chi connectivity index (χ3v) is 2.62. The molecule has 0 radical (unpaired) electrons. The molecular weight excluding hydrogens is 241 g/mol. The number of fused-ring (bicyclic) bond motifs is 1. The third-order valence-electron chi connectivity index (χ3n) is 1.85. The predicted molar refractivity (Wildman–Crippen MR) is 51.6 cm³/mol. The van der Waals surface area contributed by atoms with Gasteiger partial charge in [-0.1, -0.05) is 27.5 Å². The van der Waals surface area contributed by atoms with Crippen LogP contribution in [0.5, 0.6) is 5.75 Å². The van der Waals surface area contributed by atoms with Gasteiger partial charge in [-0.05, 0) is 12.1 Å². The number of hydrogen-bond acceptors (Lipinski definition) is 2. The first-order valence-corrected chi connectivity index (χ1v) is 4.73. The molecule has 64 valence electrons. The summed E-state index contributed by atoms with van der Waals surface area (Å²) in [6.07, 6.45) is 0. The van der Waals surface area contributed by atoms with Crippen LogP contribution in [0.1, 0.15) is 11.6 Å². The summed E-state index contributed by atoms with van der Waals surface area (Å²) in [6, 6.07) is 3.63. The van der Waals surface area contributed by atoms with Crippen molar-refractivity contribution in [2.45, 2.75) is 6.04 Å². The van der Waals surface area contributed by atoms with Crippen LogP contribution in [0.4, 0.5) is 0 Å². The van der Waals surface area contributed by atoms with Gasteiger partial charge in [0.25, 0.3) is 0 Å². The lowest BCUT2D eigenvalue weighted by atomic mass is 10.1. The molecule has 0 aromatic heterocycles. The van der Waals surface area contributed by atoms with Crippen LogP contribution in [0.25, 0.3) is 0 Å². The van der Waals surface area contributed by atoms with Crippen molar-refractivity contribution in [3.05, 3.63) is 27.2 Å². The monoisotopic (exact) mass is 247 g/mol. The number of benzene rings is 1. The Labute approximate surface area is 83.8 Å². The summed E-state index contributed by atoms with van der Waals surface area (Å²) < 4.78 is 6.25. The minimum atomic E-state index is -0.0828. The SMILES string of the molecule is N[C@H]1COc2cc(Br)cc(Cl)c21. The Hall–Kier alpha value is -0.250. The summed E-state index contributed by atoms with van der Waals surface area (Å²) in [7, 11) is 0. The second kappa shape index (κ2) is 2.91. The van der Waals surface area contributed by atoms with Gasteiger partial charge in [-0.2, -0.15) is 0 Å². The normalized spacial score (nSPS) is 20.4. The number of nitrogens with two attached hydrogens (primary N) is 1. The average Bonchev–Trinajstić information content (AvgIpc) is 2.31. The molecule has 1 aromatic rings. The van der Waals surface area contributed by atoms with E-state index in [2.05, 4.69) is 15.9 Å². The molecule has 1 heterocycles. The molecule has 0 saturated carbocycles. The zero-order valence-corrected chi connectivity index (χ0v) is 8.52. The molecule has 1 aliphatic rings. The van der Waals surface area contributed by atoms with Gasteiger partial charge in [-0.15, -0.1) is 0 Å². The maximum Gasteiger partial charge on any atom is 0.126 e. The smallest absolute Gasteiger partial charge is 0.126 e. The molecule has 0 aliphatic carbocycles. The van der Waals surface area contributed by atoms with Crippen molar-refractivity contribution in [2.75, 3.05) is 6.61 Å². The molecule has 1 aliphatic heterocycles. The highest BCUT2D eigenvalue weighted by atomic mass is 79.9. The van der Waals surface area contributed by atoms with Gasteiger partial charge in [-0.25, -0.2) is 0 Å². The van der Waals surface area contributed by atoms with Gasteiger partial charge in [0.2, 0.25) is 0 Å². The van der Waals surface area contributed by atoms with Gasteiger partial charge < -0.3 is 10.5 Å². The van der Waals surface area contributed by atoms with Gasteiger partial charge in [0.05, 0.1) is 11.1 Å². The number of hydrogen-bond donors (Lipinski definition) is 1. The summed E-state index contributed by atoms with van der Waals surface area (Å²) >= 11 is 9.31. The van der Waals surface area contributed by atoms with Crippen molar-refractivity contribution in [1.29, 1.82) is 0 Å². The van der Waals surface area contributed by atoms with Crippen LogP contribution >= 0.6 is 27.5 Å². The van der Waals surface area contributed by atoms with Crippen LogP contribution in [0.2, 0.25) is 5.02 Å². The minimum absolute atomic E-state index is 0.0828. The Kier molecular flexibility index (Phi) is 2.02. The molecule has 0 amide bonds. The van der Waals surface area contributed by atoms with Crippen molar-refractivity contribution >= 4 is 27.5 Å². The van der Waals surface area contributed by atoms with E-state index in [9.17, 15) is 0 Å². The second-order valence-corrected chi connectivity index (χ2v) is 4.04. The predicted octanol–water partition coefficient (Wildman–Crippen LogP) is 2.49. The Morgan fingerprint density at radius 1 is 1.58 bits per heavy atom. The third kappa shape index (κ3) is 1.22. The van der Waals surface area contributed by atoms with E-state index in [-0.39, 0.29) is 6.04 Å². The van der Waals surface area contributed by atoms with Crippen LogP contribution in [-0.4, -0.2) is 6.61 Å². The van der Waals surface area contributed by atoms with Crippen molar-refractivity contribution in [1.82, 2.24) is 0 Å². The summed E-state index contributed by atoms with van der Waals surface area (Å²) in [5.41, 5.74) is 6.69. The van der Waals surface area contributed by atoms with Crippen molar-refractivity contribution in [3.63, 3.8) is 0 Å². The van der Waals surface area contributed by atoms with Crippen LogP contribution in [-0.2, 0) is 0 Å². The second-order valence-electron chi connectivity index (χ2n) is 2.72. The maximum atomic E-state index is 5.98. The van der Waals surface area contributed by atoms with Gasteiger partial charge >= 0.3 is 0 Å². The number of halogens is 2. The molecule has 1 aromatic carbocycles. The van der Waals surface area contributed by atoms with Gasteiger partial charge in [0.15, 0.2) is 0 Å². The highest BCUT2D eigenvalue weighted by Crippen LogP contribution is 2.38. The summed E-state index contributed by atoms with van der Waals surface area (Å²) in [6.45, 7) is 0.519. The molecule has 2 nitrogen and oxygen atoms in total. The number of ether oxygens (including phenoxy) is 1. The first kappa shape index (κ1) is 8.35. The summed E-state index contributed by atoms with van der Waals surface area (Å²) in [4.78, 5) is 0. The minimum Gasteiger partial charge on any atom is -0.491 e. The lowest BCUT2D eigenvalue weighted by Crippen LogP contribution is -2.11. The van der Waals surface area contributed by atoms with Crippen LogP contribution in [0, 0.1) is 0 Å². The van der Waals surface area contributed by atoms with Crippen LogP contribution in [0.15, 0.2) is 16.6 Å². The molecule has 0 unspecified atom stereocenters. The lowest BCUT2D eigenvalue weighted by molar-refractivity contribution is 0.333. The van der Waals surface area contributed by atoms with E-state index in [1.807, 2.05) is 12.1 Å². The fourth-order valence-electron chi connectivity index (χ4n) is 1.30. The molecular formula is C8H7BrClNO. The highest BCUT2D eigenvalue weighted by Gasteiger charge is 2.23. The molecule has 0 bridgehead atoms. The summed E-state index contributed by atoms with van der Waals surface area (Å²) in [5.74, 6) is 0.793. The average molecular weight is 249 g/mol. The van der Waals surface area contributed by atoms with Crippen molar-refractivity contribution < 1.29 is 4.74 Å². The van der Waals surface area contributed by atoms with Gasteiger partial charge in [0, 0.05) is 10.0 Å². The molecule has 0 spiro atoms. The zero-order valence-electron chi connectivity index (χ0n) is 6.18. The van der Waals surface area contributed by atoms with E-state index < -0.39 is 0 Å². The fourth-order valence-corrected chi connectivity index (χ4v) is 2.22. The fraction of sp³-hybridized carbons (Fsp3) is 0.250. The quantitative estimate of drug-likeness (QED) is 0.766. The molecule has 12 heavy (non-hydrogen) atoms. The number of rotatable bonds is 0. The van der Waals surface area contributed by atoms with E-state index in [0.29, 0.717) is 11.6 Å². The van der Waals surface area contributed by atoms with E-state index >= 15 is 0 Å². The topological polar surface area (TPSA) is 35.2 Å². The molecule has 0 saturated heterocycles. The van der Waals surface area contributed by atoms with Crippen molar-refractivity contribution in [3.8, 4) is 5.75 Å². The Bertz CT molecular complexity index is 329. The first-order chi connectivity index (χ1) is 5.68. The van der Waals surface area contributed by atoms with E-state index in [4.69, 9.17) is 22.1 Å². The van der Waals surface area contributed by atoms with Gasteiger partial charge in [-0.3, -0.25) is 0 Å². The van der Waals surface area contributed by atoms with E-state index in [1.165, 1.54) is 0 Å². The molecule has 2 rings (SSSR count). The molecule has 1 atom stereocenters. The molecule has 0 fully saturated rings. The summed E-state index contributed by atoms with van der Waals surface area (Å²) in [5, 5.41) is 0.671. The van der Waals surface area contributed by atoms with Gasteiger partial charge in [0.1, 0.15) is 12.4 Å². The maximum absolute atomic E-state index is 5.98. The highest BCUT2D eigenvalue weighted by molar-refractivity contribution is 9.10. The largest absolute Gasteiger partial charge is 0.491 e.